The van der Waals surface area contributed by atoms with Crippen molar-refractivity contribution in [3.05, 3.63) is 24.5 Å². The molecule has 1 saturated heterocycles. The van der Waals surface area contributed by atoms with Gasteiger partial charge in [-0.25, -0.2) is 0 Å². The Morgan fingerprint density at radius 2 is 2.05 bits per heavy atom. The fourth-order valence-electron chi connectivity index (χ4n) is 2.32. The maximum absolute atomic E-state index is 12.0. The smallest absolute Gasteiger partial charge is 0.222 e. The van der Waals surface area contributed by atoms with Crippen molar-refractivity contribution >= 4 is 5.91 Å². The molecular weight excluding hydrogens is 240 g/mol. The van der Waals surface area contributed by atoms with E-state index in [1.807, 2.05) is 17.0 Å². The lowest BCUT2D eigenvalue weighted by molar-refractivity contribution is -0.131. The molecule has 1 aromatic rings. The summed E-state index contributed by atoms with van der Waals surface area (Å²) in [5.41, 5.74) is 0. The first-order chi connectivity index (χ1) is 9.36. The van der Waals surface area contributed by atoms with Crippen LogP contribution in [0.25, 0.3) is 0 Å². The third-order valence-corrected chi connectivity index (χ3v) is 3.40. The number of nitrogens with zero attached hydrogens (tertiary/aromatic N) is 2. The fourth-order valence-corrected chi connectivity index (χ4v) is 2.32. The van der Waals surface area contributed by atoms with Crippen molar-refractivity contribution in [3.8, 4) is 5.75 Å². The maximum atomic E-state index is 12.0. The van der Waals surface area contributed by atoms with Crippen molar-refractivity contribution in [2.45, 2.75) is 38.5 Å². The Balaban J connectivity index is 1.63. The van der Waals surface area contributed by atoms with Crippen molar-refractivity contribution in [1.29, 1.82) is 0 Å². The molecule has 1 aliphatic rings. The largest absolute Gasteiger partial charge is 0.492 e. The van der Waals surface area contributed by atoms with Crippen LogP contribution in [0.4, 0.5) is 0 Å². The second-order valence-corrected chi connectivity index (χ2v) is 4.94. The molecule has 0 bridgehead atoms. The van der Waals surface area contributed by atoms with Gasteiger partial charge in [-0.3, -0.25) is 9.78 Å². The monoisotopic (exact) mass is 262 g/mol. The Hall–Kier alpha value is -1.58. The third-order valence-electron chi connectivity index (χ3n) is 3.40. The number of carbonyl (C=O) groups excluding carboxylic acids is 1. The topological polar surface area (TPSA) is 42.4 Å². The minimum absolute atomic E-state index is 0.275. The van der Waals surface area contributed by atoms with E-state index in [0.29, 0.717) is 13.0 Å². The molecule has 0 aliphatic carbocycles. The number of carbonyl (C=O) groups is 1. The van der Waals surface area contributed by atoms with E-state index in [9.17, 15) is 4.79 Å². The van der Waals surface area contributed by atoms with Gasteiger partial charge in [0.15, 0.2) is 0 Å². The normalized spacial score (nSPS) is 15.9. The van der Waals surface area contributed by atoms with Crippen molar-refractivity contribution < 1.29 is 9.53 Å². The zero-order chi connectivity index (χ0) is 13.3. The van der Waals surface area contributed by atoms with Gasteiger partial charge in [0.25, 0.3) is 0 Å². The lowest BCUT2D eigenvalue weighted by Crippen LogP contribution is -2.31. The van der Waals surface area contributed by atoms with Crippen LogP contribution in [0, 0.1) is 0 Å². The number of hydrogen-bond acceptors (Lipinski definition) is 3. The Labute approximate surface area is 114 Å². The van der Waals surface area contributed by atoms with Crippen molar-refractivity contribution in [2.75, 3.05) is 19.7 Å². The number of amides is 1. The van der Waals surface area contributed by atoms with Crippen LogP contribution in [0.1, 0.15) is 38.5 Å². The highest BCUT2D eigenvalue weighted by molar-refractivity contribution is 5.76. The highest BCUT2D eigenvalue weighted by Gasteiger charge is 2.14. The van der Waals surface area contributed by atoms with Gasteiger partial charge >= 0.3 is 0 Å². The summed E-state index contributed by atoms with van der Waals surface area (Å²) in [7, 11) is 0. The van der Waals surface area contributed by atoms with Crippen LogP contribution in [0.2, 0.25) is 0 Å². The number of rotatable bonds is 5. The third kappa shape index (κ3) is 4.89. The first kappa shape index (κ1) is 13.8. The van der Waals surface area contributed by atoms with Crippen LogP contribution in [0.5, 0.6) is 5.75 Å². The number of pyridine rings is 1. The first-order valence-corrected chi connectivity index (χ1v) is 7.17. The number of hydrogen-bond donors (Lipinski definition) is 0. The summed E-state index contributed by atoms with van der Waals surface area (Å²) in [5.74, 6) is 1.04. The molecular formula is C15H22N2O2. The molecule has 0 radical (unpaired) electrons. The Morgan fingerprint density at radius 3 is 2.74 bits per heavy atom. The van der Waals surface area contributed by atoms with E-state index in [2.05, 4.69) is 4.98 Å². The number of ether oxygens (including phenoxy) is 1. The lowest BCUT2D eigenvalue weighted by atomic mass is 10.2. The number of aromatic nitrogens is 1. The van der Waals surface area contributed by atoms with Crippen LogP contribution in [0.3, 0.4) is 0 Å². The van der Waals surface area contributed by atoms with E-state index < -0.39 is 0 Å². The highest BCUT2D eigenvalue weighted by Crippen LogP contribution is 2.12. The summed E-state index contributed by atoms with van der Waals surface area (Å²) in [4.78, 5) is 18.0. The average Bonchev–Trinajstić information content (AvgIpc) is 2.73. The van der Waals surface area contributed by atoms with Gasteiger partial charge in [-0.05, 0) is 31.4 Å². The van der Waals surface area contributed by atoms with Crippen LogP contribution >= 0.6 is 0 Å². The van der Waals surface area contributed by atoms with Crippen molar-refractivity contribution in [3.63, 3.8) is 0 Å². The Bertz CT molecular complexity index is 373. The van der Waals surface area contributed by atoms with Crippen molar-refractivity contribution in [1.82, 2.24) is 9.88 Å². The Kier molecular flexibility index (Phi) is 5.66. The molecule has 0 unspecified atom stereocenters. The second-order valence-electron chi connectivity index (χ2n) is 4.94. The van der Waals surface area contributed by atoms with Crippen LogP contribution in [-0.4, -0.2) is 35.5 Å². The van der Waals surface area contributed by atoms with Crippen LogP contribution < -0.4 is 4.74 Å². The van der Waals surface area contributed by atoms with Gasteiger partial charge in [0.1, 0.15) is 5.75 Å². The van der Waals surface area contributed by atoms with Gasteiger partial charge < -0.3 is 9.64 Å². The molecule has 0 saturated carbocycles. The minimum Gasteiger partial charge on any atom is -0.492 e. The van der Waals surface area contributed by atoms with Gasteiger partial charge in [0, 0.05) is 25.7 Å². The van der Waals surface area contributed by atoms with Crippen LogP contribution in [0.15, 0.2) is 24.5 Å². The molecule has 1 fully saturated rings. The summed E-state index contributed by atoms with van der Waals surface area (Å²) < 4.78 is 5.54. The molecule has 19 heavy (non-hydrogen) atoms. The van der Waals surface area contributed by atoms with Gasteiger partial charge in [-0.1, -0.05) is 12.8 Å². The molecule has 1 aromatic heterocycles. The van der Waals surface area contributed by atoms with E-state index in [0.717, 1.165) is 38.1 Å². The van der Waals surface area contributed by atoms with Crippen LogP contribution in [-0.2, 0) is 4.79 Å². The summed E-state index contributed by atoms with van der Waals surface area (Å²) in [6.07, 6.45) is 9.58. The molecule has 1 aliphatic heterocycles. The Morgan fingerprint density at radius 1 is 1.26 bits per heavy atom. The molecule has 0 spiro atoms. The van der Waals surface area contributed by atoms with Gasteiger partial charge in [0.2, 0.25) is 5.91 Å². The summed E-state index contributed by atoms with van der Waals surface area (Å²) >= 11 is 0. The van der Waals surface area contributed by atoms with E-state index in [1.165, 1.54) is 12.8 Å². The molecule has 2 heterocycles. The van der Waals surface area contributed by atoms with Gasteiger partial charge in [0.05, 0.1) is 12.8 Å². The molecule has 4 nitrogen and oxygen atoms in total. The quantitative estimate of drug-likeness (QED) is 0.766. The zero-order valence-corrected chi connectivity index (χ0v) is 11.4. The van der Waals surface area contributed by atoms with Gasteiger partial charge in [-0.2, -0.15) is 0 Å². The molecule has 0 aromatic carbocycles. The number of likely N-dealkylation sites (tertiary alicyclic amines) is 1. The predicted molar refractivity (Wildman–Crippen MR) is 74.0 cm³/mol. The first-order valence-electron chi connectivity index (χ1n) is 7.17. The summed E-state index contributed by atoms with van der Waals surface area (Å²) in [6.45, 7) is 2.44. The molecule has 0 atom stereocenters. The van der Waals surface area contributed by atoms with Gasteiger partial charge in [-0.15, -0.1) is 0 Å². The summed E-state index contributed by atoms with van der Waals surface area (Å²) in [6, 6.07) is 3.72. The predicted octanol–water partition coefficient (Wildman–Crippen LogP) is 2.64. The molecule has 1 amide bonds. The van der Waals surface area contributed by atoms with E-state index >= 15 is 0 Å². The molecule has 104 valence electrons. The maximum Gasteiger partial charge on any atom is 0.222 e. The standard InChI is InChI=1S/C15H22N2O2/c18-15(17-10-3-1-2-4-11-17)8-6-12-19-14-7-5-9-16-13-14/h5,7,9,13H,1-4,6,8,10-12H2. The van der Waals surface area contributed by atoms with E-state index in [-0.39, 0.29) is 5.91 Å². The zero-order valence-electron chi connectivity index (χ0n) is 11.4. The molecule has 4 heteroatoms. The highest BCUT2D eigenvalue weighted by atomic mass is 16.5. The SMILES string of the molecule is O=C(CCCOc1cccnc1)N1CCCCCC1. The lowest BCUT2D eigenvalue weighted by Gasteiger charge is -2.20. The minimum atomic E-state index is 0.275. The summed E-state index contributed by atoms with van der Waals surface area (Å²) in [5, 5.41) is 0. The molecule has 0 N–H and O–H groups in total. The van der Waals surface area contributed by atoms with Crippen molar-refractivity contribution in [2.24, 2.45) is 0 Å². The van der Waals surface area contributed by atoms with E-state index in [1.54, 1.807) is 12.4 Å². The average molecular weight is 262 g/mol. The molecule has 2 rings (SSSR count). The van der Waals surface area contributed by atoms with E-state index in [4.69, 9.17) is 4.74 Å². The second kappa shape index (κ2) is 7.77. The fraction of sp³-hybridized carbons (Fsp3) is 0.600.